The number of aromatic nitrogens is 1. The number of hydrogen-bond donors (Lipinski definition) is 1. The summed E-state index contributed by atoms with van der Waals surface area (Å²) in [5.41, 5.74) is -0.935. The molecule has 0 radical (unpaired) electrons. The van der Waals surface area contributed by atoms with E-state index in [-0.39, 0.29) is 34.3 Å². The van der Waals surface area contributed by atoms with Crippen LogP contribution in [0.1, 0.15) is 71.9 Å². The zero-order valence-corrected chi connectivity index (χ0v) is 21.4. The second-order valence-corrected chi connectivity index (χ2v) is 13.6. The third-order valence-corrected chi connectivity index (χ3v) is 9.24. The Morgan fingerprint density at radius 2 is 1.86 bits per heavy atom. The fraction of sp³-hybridized carbons (Fsp3) is 0.640. The van der Waals surface area contributed by atoms with Crippen LogP contribution in [0, 0.1) is 29.0 Å². The van der Waals surface area contributed by atoms with E-state index >= 15 is 0 Å². The van der Waals surface area contributed by atoms with Crippen molar-refractivity contribution in [2.45, 2.75) is 77.6 Å². The lowest BCUT2D eigenvalue weighted by molar-refractivity contribution is -0.133. The van der Waals surface area contributed by atoms with E-state index in [2.05, 4.69) is 29.5 Å². The number of oxime groups is 1. The van der Waals surface area contributed by atoms with E-state index in [9.17, 15) is 17.6 Å². The average Bonchev–Trinajstić information content (AvgIpc) is 3.29. The van der Waals surface area contributed by atoms with Gasteiger partial charge in [-0.05, 0) is 69.8 Å². The Kier molecular flexibility index (Phi) is 5.73. The first-order valence-electron chi connectivity index (χ1n) is 12.2. The Morgan fingerprint density at radius 1 is 1.17 bits per heavy atom. The molecule has 0 saturated heterocycles. The van der Waals surface area contributed by atoms with Crippen molar-refractivity contribution >= 4 is 37.4 Å². The van der Waals surface area contributed by atoms with Crippen LogP contribution in [0.25, 0.3) is 11.0 Å². The second kappa shape index (κ2) is 8.28. The third kappa shape index (κ3) is 4.57. The fourth-order valence-corrected chi connectivity index (χ4v) is 7.93. The van der Waals surface area contributed by atoms with Gasteiger partial charge in [-0.15, -0.1) is 0 Å². The number of carbonyl (C=O) groups is 1. The van der Waals surface area contributed by atoms with Crippen molar-refractivity contribution in [3.8, 4) is 0 Å². The van der Waals surface area contributed by atoms with Gasteiger partial charge in [-0.25, -0.2) is 12.8 Å². The van der Waals surface area contributed by atoms with Crippen molar-refractivity contribution in [1.29, 1.82) is 0 Å². The van der Waals surface area contributed by atoms with Crippen LogP contribution in [0.15, 0.2) is 21.8 Å². The summed E-state index contributed by atoms with van der Waals surface area (Å²) in [6, 6.07) is 2.56. The van der Waals surface area contributed by atoms with Crippen molar-refractivity contribution in [1.82, 2.24) is 5.16 Å². The summed E-state index contributed by atoms with van der Waals surface area (Å²) in [5.74, 6) is 0.139. The summed E-state index contributed by atoms with van der Waals surface area (Å²) in [5, 5.41) is 10.7. The van der Waals surface area contributed by atoms with Gasteiger partial charge in [0.25, 0.3) is 0 Å². The van der Waals surface area contributed by atoms with E-state index in [1.54, 1.807) is 13.8 Å². The number of halogens is 1. The minimum absolute atomic E-state index is 0.00870. The molecular weight excluding hydrogens is 473 g/mol. The topological polar surface area (TPSA) is 111 Å². The SMILES string of the molecule is CC1CC2CC(C)CC(C(=O)Nc3cc4c(CS(=O)(=O)C5=NOC(C)(C)C5)noc4cc3F)(C1)C2. The second-order valence-electron chi connectivity index (χ2n) is 11.6. The Labute approximate surface area is 204 Å². The molecule has 3 aliphatic rings. The molecule has 2 atom stereocenters. The highest BCUT2D eigenvalue weighted by Crippen LogP contribution is 2.53. The van der Waals surface area contributed by atoms with Gasteiger partial charge in [-0.1, -0.05) is 24.2 Å². The highest BCUT2D eigenvalue weighted by Gasteiger charge is 2.49. The van der Waals surface area contributed by atoms with Crippen LogP contribution >= 0.6 is 0 Å². The molecular formula is C25H32FN3O5S. The lowest BCUT2D eigenvalue weighted by atomic mass is 9.56. The third-order valence-electron chi connectivity index (χ3n) is 7.65. The summed E-state index contributed by atoms with van der Waals surface area (Å²) < 4.78 is 46.0. The summed E-state index contributed by atoms with van der Waals surface area (Å²) in [6.45, 7) is 7.87. The molecule has 2 aromatic rings. The monoisotopic (exact) mass is 505 g/mol. The predicted molar refractivity (Wildman–Crippen MR) is 130 cm³/mol. The molecule has 2 aliphatic carbocycles. The number of hydrogen-bond acceptors (Lipinski definition) is 7. The van der Waals surface area contributed by atoms with Crippen LogP contribution < -0.4 is 5.32 Å². The molecule has 2 unspecified atom stereocenters. The highest BCUT2D eigenvalue weighted by atomic mass is 32.2. The van der Waals surface area contributed by atoms with E-state index in [0.717, 1.165) is 38.2 Å². The molecule has 10 heteroatoms. The molecule has 1 aromatic heterocycles. The Bertz CT molecular complexity index is 1300. The smallest absolute Gasteiger partial charge is 0.230 e. The molecule has 2 saturated carbocycles. The van der Waals surface area contributed by atoms with E-state index in [1.165, 1.54) is 6.07 Å². The van der Waals surface area contributed by atoms with Gasteiger partial charge in [-0.3, -0.25) is 4.79 Å². The first-order chi connectivity index (χ1) is 16.4. The Hall–Kier alpha value is -2.49. The average molecular weight is 506 g/mol. The number of carbonyl (C=O) groups excluding carboxylic acids is 1. The van der Waals surface area contributed by atoms with E-state index in [4.69, 9.17) is 9.36 Å². The minimum atomic E-state index is -3.81. The number of nitrogens with zero attached hydrogens (tertiary/aromatic N) is 2. The molecule has 1 aliphatic heterocycles. The van der Waals surface area contributed by atoms with Crippen molar-refractivity contribution in [2.75, 3.05) is 5.32 Å². The van der Waals surface area contributed by atoms with Crippen LogP contribution in [0.3, 0.4) is 0 Å². The van der Waals surface area contributed by atoms with Crippen molar-refractivity contribution in [2.24, 2.45) is 28.3 Å². The first-order valence-corrected chi connectivity index (χ1v) is 13.9. The number of anilines is 1. The van der Waals surface area contributed by atoms with E-state index in [0.29, 0.717) is 23.1 Å². The summed E-state index contributed by atoms with van der Waals surface area (Å²) in [4.78, 5) is 18.7. The lowest BCUT2D eigenvalue weighted by Gasteiger charge is -2.48. The number of sulfone groups is 1. The number of benzene rings is 1. The van der Waals surface area contributed by atoms with Gasteiger partial charge in [0.1, 0.15) is 17.0 Å². The van der Waals surface area contributed by atoms with Gasteiger partial charge < -0.3 is 14.7 Å². The molecule has 2 fully saturated rings. The number of amides is 1. The molecule has 1 N–H and O–H groups in total. The minimum Gasteiger partial charge on any atom is -0.389 e. The molecule has 2 heterocycles. The quantitative estimate of drug-likeness (QED) is 0.613. The van der Waals surface area contributed by atoms with Crippen molar-refractivity contribution in [3.63, 3.8) is 0 Å². The molecule has 8 nitrogen and oxygen atoms in total. The maximum Gasteiger partial charge on any atom is 0.230 e. The summed E-state index contributed by atoms with van der Waals surface area (Å²) in [7, 11) is -3.81. The van der Waals surface area contributed by atoms with Crippen molar-refractivity contribution in [3.05, 3.63) is 23.6 Å². The predicted octanol–water partition coefficient (Wildman–Crippen LogP) is 5.19. The molecule has 35 heavy (non-hydrogen) atoms. The fourth-order valence-electron chi connectivity index (χ4n) is 6.48. The highest BCUT2D eigenvalue weighted by molar-refractivity contribution is 8.05. The summed E-state index contributed by atoms with van der Waals surface area (Å²) >= 11 is 0. The molecule has 1 amide bonds. The van der Waals surface area contributed by atoms with Gasteiger partial charge in [0.2, 0.25) is 15.7 Å². The zero-order chi connectivity index (χ0) is 25.2. The maximum atomic E-state index is 14.9. The van der Waals surface area contributed by atoms with E-state index < -0.39 is 32.4 Å². The van der Waals surface area contributed by atoms with Crippen LogP contribution in [-0.2, 0) is 25.2 Å². The Balaban J connectivity index is 1.41. The van der Waals surface area contributed by atoms with Crippen LogP contribution in [0.5, 0.6) is 0 Å². The van der Waals surface area contributed by atoms with Crippen LogP contribution in [-0.4, -0.2) is 30.1 Å². The van der Waals surface area contributed by atoms with E-state index in [1.807, 2.05) is 0 Å². The maximum absolute atomic E-state index is 14.9. The Morgan fingerprint density at radius 3 is 2.49 bits per heavy atom. The molecule has 2 bridgehead atoms. The normalized spacial score (nSPS) is 30.1. The summed E-state index contributed by atoms with van der Waals surface area (Å²) in [6.07, 6.45) is 4.83. The number of nitrogens with one attached hydrogen (secondary N) is 1. The van der Waals surface area contributed by atoms with Gasteiger partial charge >= 0.3 is 0 Å². The standard InChI is InChI=1S/C25H32FN3O5S/c1-14-5-16-6-15(2)10-25(9-14,11-16)23(30)27-19-7-17-20(28-33-21(17)8-18(19)26)13-35(31,32)22-12-24(3,4)34-29-22/h7-8,14-16H,5-6,9-13H2,1-4H3,(H,27,30). The molecule has 5 rings (SSSR count). The number of fused-ring (bicyclic) bond motifs is 3. The van der Waals surface area contributed by atoms with Gasteiger partial charge in [0.05, 0.1) is 11.1 Å². The van der Waals surface area contributed by atoms with Crippen LogP contribution in [0.2, 0.25) is 0 Å². The van der Waals surface area contributed by atoms with Gasteiger partial charge in [0, 0.05) is 17.9 Å². The van der Waals surface area contributed by atoms with Gasteiger partial charge in [-0.2, -0.15) is 0 Å². The first kappa shape index (κ1) is 24.2. The van der Waals surface area contributed by atoms with Crippen molar-refractivity contribution < 1.29 is 27.0 Å². The largest absolute Gasteiger partial charge is 0.389 e. The van der Waals surface area contributed by atoms with Gasteiger partial charge in [0.15, 0.2) is 16.4 Å². The zero-order valence-electron chi connectivity index (χ0n) is 20.6. The molecule has 0 spiro atoms. The number of rotatable bonds is 4. The lowest BCUT2D eigenvalue weighted by Crippen LogP contribution is -2.47. The van der Waals surface area contributed by atoms with Crippen LogP contribution in [0.4, 0.5) is 10.1 Å². The molecule has 190 valence electrons. The molecule has 1 aromatic carbocycles.